The summed E-state index contributed by atoms with van der Waals surface area (Å²) in [6, 6.07) is 14.5. The first kappa shape index (κ1) is 15.8. The lowest BCUT2D eigenvalue weighted by Gasteiger charge is -2.14. The van der Waals surface area contributed by atoms with Crippen molar-refractivity contribution in [3.63, 3.8) is 0 Å². The number of amides is 1. The zero-order valence-corrected chi connectivity index (χ0v) is 12.9. The Labute approximate surface area is 130 Å². The van der Waals surface area contributed by atoms with E-state index in [0.717, 1.165) is 11.1 Å². The molecule has 0 aliphatic rings. The summed E-state index contributed by atoms with van der Waals surface area (Å²) in [4.78, 5) is 24.1. The molecule has 0 saturated heterocycles. The van der Waals surface area contributed by atoms with Crippen LogP contribution in [0.15, 0.2) is 48.5 Å². The molecule has 0 saturated carbocycles. The smallest absolute Gasteiger partial charge is 0.339 e. The zero-order valence-electron chi connectivity index (χ0n) is 12.9. The highest BCUT2D eigenvalue weighted by Gasteiger charge is 2.19. The third kappa shape index (κ3) is 3.95. The van der Waals surface area contributed by atoms with Crippen LogP contribution in [0.2, 0.25) is 0 Å². The maximum Gasteiger partial charge on any atom is 0.339 e. The number of carbonyl (C=O) groups is 2. The van der Waals surface area contributed by atoms with Gasteiger partial charge in [0.05, 0.1) is 5.56 Å². The molecule has 2 aromatic rings. The number of anilines is 1. The molecule has 2 aromatic carbocycles. The van der Waals surface area contributed by atoms with Crippen LogP contribution in [-0.2, 0) is 9.53 Å². The monoisotopic (exact) mass is 297 g/mol. The first-order valence-corrected chi connectivity index (χ1v) is 7.11. The van der Waals surface area contributed by atoms with Crippen LogP contribution in [0.5, 0.6) is 0 Å². The van der Waals surface area contributed by atoms with Crippen molar-refractivity contribution in [2.45, 2.75) is 26.9 Å². The van der Waals surface area contributed by atoms with Gasteiger partial charge in [0.25, 0.3) is 5.91 Å². The number of aryl methyl sites for hydroxylation is 2. The molecule has 0 heterocycles. The second kappa shape index (κ2) is 6.89. The molecule has 0 unspecified atom stereocenters. The van der Waals surface area contributed by atoms with Gasteiger partial charge in [-0.3, -0.25) is 4.79 Å². The van der Waals surface area contributed by atoms with Gasteiger partial charge in [0.1, 0.15) is 0 Å². The van der Waals surface area contributed by atoms with Gasteiger partial charge >= 0.3 is 5.97 Å². The predicted octanol–water partition coefficient (Wildman–Crippen LogP) is 3.49. The summed E-state index contributed by atoms with van der Waals surface area (Å²) in [5.41, 5.74) is 3.07. The van der Waals surface area contributed by atoms with Crippen LogP contribution in [0.25, 0.3) is 0 Å². The van der Waals surface area contributed by atoms with Gasteiger partial charge in [0.15, 0.2) is 6.10 Å². The zero-order chi connectivity index (χ0) is 16.1. The molecule has 0 fully saturated rings. The molecule has 114 valence electrons. The van der Waals surface area contributed by atoms with Crippen LogP contribution in [0.4, 0.5) is 5.69 Å². The van der Waals surface area contributed by atoms with Crippen molar-refractivity contribution in [3.8, 4) is 0 Å². The average molecular weight is 297 g/mol. The van der Waals surface area contributed by atoms with Gasteiger partial charge in [0, 0.05) is 5.69 Å². The topological polar surface area (TPSA) is 55.4 Å². The Morgan fingerprint density at radius 3 is 2.27 bits per heavy atom. The van der Waals surface area contributed by atoms with E-state index in [4.69, 9.17) is 4.74 Å². The molecule has 0 aliphatic carbocycles. The minimum absolute atomic E-state index is 0.356. The molecule has 1 amide bonds. The Morgan fingerprint density at radius 1 is 1.00 bits per heavy atom. The third-order valence-corrected chi connectivity index (χ3v) is 3.34. The van der Waals surface area contributed by atoms with E-state index in [1.165, 1.54) is 0 Å². The van der Waals surface area contributed by atoms with E-state index in [2.05, 4.69) is 5.32 Å². The lowest BCUT2D eigenvalue weighted by Crippen LogP contribution is -2.30. The molecule has 0 aliphatic heterocycles. The first-order valence-electron chi connectivity index (χ1n) is 7.11. The van der Waals surface area contributed by atoms with Gasteiger partial charge < -0.3 is 10.1 Å². The van der Waals surface area contributed by atoms with Crippen molar-refractivity contribution in [3.05, 3.63) is 65.2 Å². The summed E-state index contributed by atoms with van der Waals surface area (Å²) in [5.74, 6) is -0.851. The quantitative estimate of drug-likeness (QED) is 0.879. The molecule has 0 spiro atoms. The molecule has 0 bridgehead atoms. The Balaban J connectivity index is 1.98. The van der Waals surface area contributed by atoms with E-state index >= 15 is 0 Å². The Morgan fingerprint density at radius 2 is 1.64 bits per heavy atom. The van der Waals surface area contributed by atoms with Gasteiger partial charge in [-0.25, -0.2) is 4.79 Å². The molecule has 22 heavy (non-hydrogen) atoms. The SMILES string of the molecule is Cc1ccc(NC(=O)[C@H](C)OC(=O)c2ccccc2C)cc1. The number of benzene rings is 2. The van der Waals surface area contributed by atoms with E-state index in [1.54, 1.807) is 19.1 Å². The van der Waals surface area contributed by atoms with Crippen molar-refractivity contribution in [1.82, 2.24) is 0 Å². The number of esters is 1. The van der Waals surface area contributed by atoms with Crippen LogP contribution in [0.1, 0.15) is 28.4 Å². The Kier molecular flexibility index (Phi) is 4.94. The number of hydrogen-bond acceptors (Lipinski definition) is 3. The molecule has 0 aromatic heterocycles. The van der Waals surface area contributed by atoms with Gasteiger partial charge in [-0.05, 0) is 44.5 Å². The van der Waals surface area contributed by atoms with Gasteiger partial charge in [-0.2, -0.15) is 0 Å². The normalized spacial score (nSPS) is 11.6. The largest absolute Gasteiger partial charge is 0.449 e. The standard InChI is InChI=1S/C18H19NO3/c1-12-8-10-15(11-9-12)19-17(20)14(3)22-18(21)16-7-5-4-6-13(16)2/h4-11,14H,1-3H3,(H,19,20)/t14-/m0/s1. The predicted molar refractivity (Wildman–Crippen MR) is 85.9 cm³/mol. The molecule has 1 atom stereocenters. The second-order valence-electron chi connectivity index (χ2n) is 5.22. The molecule has 1 N–H and O–H groups in total. The molecular weight excluding hydrogens is 278 g/mol. The molecule has 0 radical (unpaired) electrons. The maximum atomic E-state index is 12.1. The number of ether oxygens (including phenoxy) is 1. The highest BCUT2D eigenvalue weighted by atomic mass is 16.5. The fourth-order valence-electron chi connectivity index (χ4n) is 1.96. The third-order valence-electron chi connectivity index (χ3n) is 3.34. The summed E-state index contributed by atoms with van der Waals surface area (Å²) in [6.07, 6.45) is -0.867. The van der Waals surface area contributed by atoms with Crippen LogP contribution in [-0.4, -0.2) is 18.0 Å². The second-order valence-corrected chi connectivity index (χ2v) is 5.22. The highest BCUT2D eigenvalue weighted by molar-refractivity contribution is 5.97. The van der Waals surface area contributed by atoms with E-state index in [-0.39, 0.29) is 5.91 Å². The minimum atomic E-state index is -0.867. The van der Waals surface area contributed by atoms with Gasteiger partial charge in [0.2, 0.25) is 0 Å². The molecule has 4 nitrogen and oxygen atoms in total. The van der Waals surface area contributed by atoms with E-state index in [1.807, 2.05) is 50.2 Å². The molecule has 4 heteroatoms. The lowest BCUT2D eigenvalue weighted by atomic mass is 10.1. The first-order chi connectivity index (χ1) is 10.5. The Hall–Kier alpha value is -2.62. The molecule has 2 rings (SSSR count). The number of nitrogens with one attached hydrogen (secondary N) is 1. The molecular formula is C18H19NO3. The van der Waals surface area contributed by atoms with E-state index < -0.39 is 12.1 Å². The van der Waals surface area contributed by atoms with Gasteiger partial charge in [-0.1, -0.05) is 35.9 Å². The van der Waals surface area contributed by atoms with Crippen molar-refractivity contribution >= 4 is 17.6 Å². The fraction of sp³-hybridized carbons (Fsp3) is 0.222. The number of hydrogen-bond donors (Lipinski definition) is 1. The number of rotatable bonds is 4. The Bertz CT molecular complexity index is 677. The van der Waals surface area contributed by atoms with Crippen molar-refractivity contribution < 1.29 is 14.3 Å². The summed E-state index contributed by atoms with van der Waals surface area (Å²) in [6.45, 7) is 5.35. The van der Waals surface area contributed by atoms with Gasteiger partial charge in [-0.15, -0.1) is 0 Å². The van der Waals surface area contributed by atoms with Crippen molar-refractivity contribution in [2.24, 2.45) is 0 Å². The lowest BCUT2D eigenvalue weighted by molar-refractivity contribution is -0.123. The summed E-state index contributed by atoms with van der Waals surface area (Å²) < 4.78 is 5.22. The van der Waals surface area contributed by atoms with E-state index in [0.29, 0.717) is 11.3 Å². The van der Waals surface area contributed by atoms with E-state index in [9.17, 15) is 9.59 Å². The average Bonchev–Trinajstić information content (AvgIpc) is 2.49. The summed E-state index contributed by atoms with van der Waals surface area (Å²) in [5, 5.41) is 2.72. The summed E-state index contributed by atoms with van der Waals surface area (Å²) >= 11 is 0. The minimum Gasteiger partial charge on any atom is -0.449 e. The number of carbonyl (C=O) groups excluding carboxylic acids is 2. The van der Waals surface area contributed by atoms with Crippen LogP contribution in [0.3, 0.4) is 0 Å². The fourth-order valence-corrected chi connectivity index (χ4v) is 1.96. The van der Waals surface area contributed by atoms with Crippen LogP contribution >= 0.6 is 0 Å². The highest BCUT2D eigenvalue weighted by Crippen LogP contribution is 2.12. The van der Waals surface area contributed by atoms with Crippen molar-refractivity contribution in [1.29, 1.82) is 0 Å². The maximum absolute atomic E-state index is 12.1. The van der Waals surface area contributed by atoms with Crippen LogP contribution < -0.4 is 5.32 Å². The summed E-state index contributed by atoms with van der Waals surface area (Å²) in [7, 11) is 0. The van der Waals surface area contributed by atoms with Crippen LogP contribution in [0, 0.1) is 13.8 Å². The van der Waals surface area contributed by atoms with Crippen molar-refractivity contribution in [2.75, 3.05) is 5.32 Å².